The lowest BCUT2D eigenvalue weighted by molar-refractivity contribution is -0.384. The number of hydrogen-bond donors (Lipinski definition) is 2. The van der Waals surface area contributed by atoms with Gasteiger partial charge in [-0.05, 0) is 24.3 Å². The number of nitro groups is 1. The van der Waals surface area contributed by atoms with Crippen molar-refractivity contribution in [3.63, 3.8) is 0 Å². The van der Waals surface area contributed by atoms with Gasteiger partial charge in [0.05, 0.1) is 16.0 Å². The summed E-state index contributed by atoms with van der Waals surface area (Å²) in [4.78, 5) is 33.1. The molecule has 0 saturated heterocycles. The molecular weight excluding hydrogens is 356 g/mol. The minimum absolute atomic E-state index is 0.0695. The number of carbonyl (C=O) groups is 2. The normalized spacial score (nSPS) is 11.1. The van der Waals surface area contributed by atoms with Gasteiger partial charge < -0.3 is 10.2 Å². The standard InChI is InChI=1S/C17H12N4O6/c1-9(22)18-19-15(23)10-3-2-4-11(7-10)20-16(24)13-6-5-12(21(26)27)8-14(13)17(20)25/h2-8,24-25H,1H3. The van der Waals surface area contributed by atoms with Crippen LogP contribution in [0.3, 0.4) is 0 Å². The maximum atomic E-state index is 12.0. The van der Waals surface area contributed by atoms with E-state index >= 15 is 0 Å². The van der Waals surface area contributed by atoms with E-state index in [1.807, 2.05) is 0 Å². The van der Waals surface area contributed by atoms with Crippen LogP contribution in [0.2, 0.25) is 0 Å². The van der Waals surface area contributed by atoms with Gasteiger partial charge in [0.25, 0.3) is 17.5 Å². The molecule has 0 radical (unpaired) electrons. The van der Waals surface area contributed by atoms with Crippen LogP contribution in [0.4, 0.5) is 5.69 Å². The zero-order chi connectivity index (χ0) is 19.7. The summed E-state index contributed by atoms with van der Waals surface area (Å²) in [5.41, 5.74) is 0.0382. The van der Waals surface area contributed by atoms with Crippen molar-refractivity contribution >= 4 is 28.3 Å². The van der Waals surface area contributed by atoms with E-state index in [9.17, 15) is 29.9 Å². The maximum absolute atomic E-state index is 12.0. The number of aromatic nitrogens is 1. The molecule has 0 spiro atoms. The Hall–Kier alpha value is -4.08. The Morgan fingerprint density at radius 1 is 1.04 bits per heavy atom. The van der Waals surface area contributed by atoms with E-state index in [0.29, 0.717) is 0 Å². The van der Waals surface area contributed by atoms with E-state index in [1.165, 1.54) is 36.4 Å². The fourth-order valence-electron chi connectivity index (χ4n) is 2.56. The van der Waals surface area contributed by atoms with Crippen LogP contribution < -0.4 is 0 Å². The first kappa shape index (κ1) is 17.7. The highest BCUT2D eigenvalue weighted by Gasteiger charge is 2.20. The third-order valence-electron chi connectivity index (χ3n) is 3.75. The number of aromatic hydroxyl groups is 2. The molecule has 2 amide bonds. The van der Waals surface area contributed by atoms with Crippen LogP contribution in [0.1, 0.15) is 17.3 Å². The molecule has 3 aromatic rings. The van der Waals surface area contributed by atoms with Crippen LogP contribution in [0.5, 0.6) is 11.8 Å². The molecule has 0 aliphatic rings. The molecule has 1 aromatic heterocycles. The first-order valence-electron chi connectivity index (χ1n) is 7.57. The fourth-order valence-corrected chi connectivity index (χ4v) is 2.56. The Morgan fingerprint density at radius 3 is 2.41 bits per heavy atom. The number of rotatable bonds is 3. The number of benzene rings is 2. The lowest BCUT2D eigenvalue weighted by atomic mass is 10.2. The molecule has 3 rings (SSSR count). The highest BCUT2D eigenvalue weighted by atomic mass is 16.6. The zero-order valence-electron chi connectivity index (χ0n) is 13.9. The number of fused-ring (bicyclic) bond motifs is 1. The molecule has 0 aliphatic carbocycles. The van der Waals surface area contributed by atoms with Gasteiger partial charge in [-0.15, -0.1) is 10.2 Å². The maximum Gasteiger partial charge on any atom is 0.295 e. The number of azo groups is 1. The van der Waals surface area contributed by atoms with Crippen molar-refractivity contribution in [1.82, 2.24) is 4.57 Å². The second-order valence-corrected chi connectivity index (χ2v) is 5.54. The summed E-state index contributed by atoms with van der Waals surface area (Å²) in [5.74, 6) is -2.19. The first-order chi connectivity index (χ1) is 12.8. The predicted molar refractivity (Wildman–Crippen MR) is 93.1 cm³/mol. The number of carbonyl (C=O) groups excluding carboxylic acids is 2. The Balaban J connectivity index is 2.13. The van der Waals surface area contributed by atoms with Crippen molar-refractivity contribution in [2.75, 3.05) is 0 Å². The average molecular weight is 368 g/mol. The number of nitro benzene ring substituents is 1. The van der Waals surface area contributed by atoms with Gasteiger partial charge in [-0.25, -0.2) is 0 Å². The van der Waals surface area contributed by atoms with E-state index in [0.717, 1.165) is 17.6 Å². The summed E-state index contributed by atoms with van der Waals surface area (Å²) in [6.45, 7) is 1.15. The number of amides is 2. The van der Waals surface area contributed by atoms with Gasteiger partial charge in [-0.2, -0.15) is 0 Å². The minimum atomic E-state index is -0.779. The summed E-state index contributed by atoms with van der Waals surface area (Å²) in [5, 5.41) is 38.5. The molecule has 136 valence electrons. The van der Waals surface area contributed by atoms with Gasteiger partial charge in [0.2, 0.25) is 11.8 Å². The van der Waals surface area contributed by atoms with E-state index in [-0.39, 0.29) is 33.6 Å². The van der Waals surface area contributed by atoms with Crippen molar-refractivity contribution in [3.05, 3.63) is 58.1 Å². The third-order valence-corrected chi connectivity index (χ3v) is 3.75. The zero-order valence-corrected chi connectivity index (χ0v) is 13.9. The lowest BCUT2D eigenvalue weighted by Gasteiger charge is -2.07. The molecule has 0 bridgehead atoms. The molecular formula is C17H12N4O6. The predicted octanol–water partition coefficient (Wildman–Crippen LogP) is 3.09. The Labute approximate surface area is 151 Å². The van der Waals surface area contributed by atoms with Crippen LogP contribution in [0.15, 0.2) is 52.7 Å². The van der Waals surface area contributed by atoms with E-state index in [4.69, 9.17) is 0 Å². The topological polar surface area (TPSA) is 147 Å². The molecule has 10 heteroatoms. The van der Waals surface area contributed by atoms with Crippen LogP contribution >= 0.6 is 0 Å². The van der Waals surface area contributed by atoms with Gasteiger partial charge in [-0.3, -0.25) is 24.3 Å². The molecule has 0 fully saturated rings. The largest absolute Gasteiger partial charge is 0.494 e. The molecule has 0 atom stereocenters. The Morgan fingerprint density at radius 2 is 1.74 bits per heavy atom. The number of nitrogens with zero attached hydrogens (tertiary/aromatic N) is 4. The fraction of sp³-hybridized carbons (Fsp3) is 0.0588. The number of hydrogen-bond acceptors (Lipinski definition) is 6. The molecule has 10 nitrogen and oxygen atoms in total. The second kappa shape index (κ2) is 6.67. The van der Waals surface area contributed by atoms with E-state index in [1.54, 1.807) is 0 Å². The quantitative estimate of drug-likeness (QED) is 0.412. The van der Waals surface area contributed by atoms with Crippen molar-refractivity contribution in [2.24, 2.45) is 10.2 Å². The van der Waals surface area contributed by atoms with Crippen LogP contribution in [0.25, 0.3) is 16.5 Å². The van der Waals surface area contributed by atoms with E-state index in [2.05, 4.69) is 10.2 Å². The average Bonchev–Trinajstić information content (AvgIpc) is 2.90. The van der Waals surface area contributed by atoms with Crippen molar-refractivity contribution in [1.29, 1.82) is 0 Å². The van der Waals surface area contributed by atoms with Gasteiger partial charge in [0.1, 0.15) is 0 Å². The SMILES string of the molecule is CC(=O)N=NC(=O)c1cccc(-n2c(O)c3ccc([N+](=O)[O-])cc3c2O)c1. The van der Waals surface area contributed by atoms with Gasteiger partial charge in [-0.1, -0.05) is 6.07 Å². The highest BCUT2D eigenvalue weighted by Crippen LogP contribution is 2.40. The lowest BCUT2D eigenvalue weighted by Crippen LogP contribution is -1.99. The van der Waals surface area contributed by atoms with Gasteiger partial charge in [0.15, 0.2) is 0 Å². The molecule has 27 heavy (non-hydrogen) atoms. The molecule has 1 heterocycles. The summed E-state index contributed by atoms with van der Waals surface area (Å²) in [6.07, 6.45) is 0. The van der Waals surface area contributed by atoms with Crippen LogP contribution in [-0.4, -0.2) is 31.5 Å². The molecule has 0 aliphatic heterocycles. The summed E-state index contributed by atoms with van der Waals surface area (Å²) < 4.78 is 1.04. The second-order valence-electron chi connectivity index (χ2n) is 5.54. The van der Waals surface area contributed by atoms with Crippen molar-refractivity contribution in [3.8, 4) is 17.4 Å². The smallest absolute Gasteiger partial charge is 0.295 e. The molecule has 2 aromatic carbocycles. The van der Waals surface area contributed by atoms with Crippen LogP contribution in [-0.2, 0) is 4.79 Å². The summed E-state index contributed by atoms with van der Waals surface area (Å²) >= 11 is 0. The van der Waals surface area contributed by atoms with Crippen molar-refractivity contribution < 1.29 is 24.7 Å². The molecule has 0 saturated carbocycles. The Bertz CT molecular complexity index is 1130. The summed E-state index contributed by atoms with van der Waals surface area (Å²) in [6, 6.07) is 9.39. The summed E-state index contributed by atoms with van der Waals surface area (Å²) in [7, 11) is 0. The highest BCUT2D eigenvalue weighted by molar-refractivity contribution is 5.97. The van der Waals surface area contributed by atoms with Crippen molar-refractivity contribution in [2.45, 2.75) is 6.92 Å². The molecule has 0 unspecified atom stereocenters. The van der Waals surface area contributed by atoms with Gasteiger partial charge in [0, 0.05) is 30.0 Å². The van der Waals surface area contributed by atoms with Crippen LogP contribution in [0, 0.1) is 10.1 Å². The van der Waals surface area contributed by atoms with Gasteiger partial charge >= 0.3 is 0 Å². The monoisotopic (exact) mass is 368 g/mol. The Kier molecular flexibility index (Phi) is 4.38. The number of non-ortho nitro benzene ring substituents is 1. The first-order valence-corrected chi connectivity index (χ1v) is 7.57. The minimum Gasteiger partial charge on any atom is -0.494 e. The van der Waals surface area contributed by atoms with E-state index < -0.39 is 22.6 Å². The third kappa shape index (κ3) is 3.23. The molecule has 2 N–H and O–H groups in total.